The van der Waals surface area contributed by atoms with Crippen molar-refractivity contribution in [2.24, 2.45) is 0 Å². The number of carbonyl (C=O) groups excluding carboxylic acids is 2. The van der Waals surface area contributed by atoms with Gasteiger partial charge in [0.25, 0.3) is 10.0 Å². The van der Waals surface area contributed by atoms with Crippen molar-refractivity contribution in [3.8, 4) is 0 Å². The van der Waals surface area contributed by atoms with Gasteiger partial charge in [0.1, 0.15) is 12.6 Å². The van der Waals surface area contributed by atoms with Gasteiger partial charge < -0.3 is 10.2 Å². The maximum Gasteiger partial charge on any atom is 0.264 e. The molecule has 0 saturated heterocycles. The summed E-state index contributed by atoms with van der Waals surface area (Å²) in [5, 5.41) is 3.64. The third kappa shape index (κ3) is 7.99. The molecule has 2 amide bonds. The highest BCUT2D eigenvalue weighted by Gasteiger charge is 2.32. The van der Waals surface area contributed by atoms with Crippen LogP contribution in [0.1, 0.15) is 43.4 Å². The lowest BCUT2D eigenvalue weighted by Crippen LogP contribution is -2.51. The number of halogens is 2. The summed E-state index contributed by atoms with van der Waals surface area (Å²) in [5.74, 6) is -0.893. The molecule has 40 heavy (non-hydrogen) atoms. The summed E-state index contributed by atoms with van der Waals surface area (Å²) in [5.41, 5.74) is 2.77. The van der Waals surface area contributed by atoms with E-state index in [0.29, 0.717) is 27.8 Å². The summed E-state index contributed by atoms with van der Waals surface area (Å²) in [6, 6.07) is 17.4. The molecule has 0 aromatic heterocycles. The maximum absolute atomic E-state index is 14.0. The van der Waals surface area contributed by atoms with Crippen LogP contribution in [-0.4, -0.2) is 44.3 Å². The molecular formula is C30H35Cl2N3O4S. The number of rotatable bonds is 12. The van der Waals surface area contributed by atoms with Gasteiger partial charge in [0, 0.05) is 23.1 Å². The second-order valence-electron chi connectivity index (χ2n) is 9.74. The van der Waals surface area contributed by atoms with Crippen LogP contribution >= 0.6 is 23.2 Å². The average Bonchev–Trinajstić information content (AvgIpc) is 2.91. The fourth-order valence-electron chi connectivity index (χ4n) is 4.03. The van der Waals surface area contributed by atoms with E-state index in [1.165, 1.54) is 17.0 Å². The number of sulfonamides is 1. The summed E-state index contributed by atoms with van der Waals surface area (Å²) in [7, 11) is -4.12. The van der Waals surface area contributed by atoms with Crippen molar-refractivity contribution in [3.63, 3.8) is 0 Å². The number of unbranched alkanes of at least 4 members (excludes halogenated alkanes) is 1. The average molecular weight is 605 g/mol. The Balaban J connectivity index is 2.01. The van der Waals surface area contributed by atoms with E-state index in [4.69, 9.17) is 23.2 Å². The lowest BCUT2D eigenvalue weighted by Gasteiger charge is -2.32. The third-order valence-electron chi connectivity index (χ3n) is 6.56. The van der Waals surface area contributed by atoms with Crippen LogP contribution in [0.25, 0.3) is 0 Å². The molecule has 7 nitrogen and oxygen atoms in total. The van der Waals surface area contributed by atoms with Gasteiger partial charge in [0.2, 0.25) is 11.8 Å². The van der Waals surface area contributed by atoms with E-state index in [9.17, 15) is 18.0 Å². The minimum absolute atomic E-state index is 0.0104. The number of nitrogens with one attached hydrogen (secondary N) is 1. The molecule has 0 aliphatic rings. The summed E-state index contributed by atoms with van der Waals surface area (Å²) in [4.78, 5) is 28.4. The SMILES string of the molecule is CCCCNC(=O)C(C)N(Cc1ccc(Cl)cc1Cl)C(=O)CN(c1ccc(C)cc1)S(=O)(=O)c1ccc(C)cc1. The zero-order chi connectivity index (χ0) is 29.4. The van der Waals surface area contributed by atoms with Crippen LogP contribution < -0.4 is 9.62 Å². The highest BCUT2D eigenvalue weighted by molar-refractivity contribution is 7.92. The Hall–Kier alpha value is -3.07. The number of aryl methyl sites for hydroxylation is 2. The van der Waals surface area contributed by atoms with Crippen molar-refractivity contribution in [3.05, 3.63) is 93.5 Å². The van der Waals surface area contributed by atoms with E-state index in [1.807, 2.05) is 20.8 Å². The molecule has 0 saturated carbocycles. The Labute approximate surface area is 247 Å². The Morgan fingerprint density at radius 1 is 0.925 bits per heavy atom. The van der Waals surface area contributed by atoms with Crippen molar-refractivity contribution >= 4 is 50.7 Å². The number of anilines is 1. The molecule has 3 rings (SSSR count). The quantitative estimate of drug-likeness (QED) is 0.252. The van der Waals surface area contributed by atoms with E-state index in [1.54, 1.807) is 61.5 Å². The summed E-state index contributed by atoms with van der Waals surface area (Å²) < 4.78 is 28.8. The van der Waals surface area contributed by atoms with Gasteiger partial charge in [0.15, 0.2) is 0 Å². The Bertz CT molecular complexity index is 1430. The molecule has 0 bridgehead atoms. The molecule has 0 radical (unpaired) electrons. The van der Waals surface area contributed by atoms with E-state index in [-0.39, 0.29) is 17.3 Å². The fraction of sp³-hybridized carbons (Fsp3) is 0.333. The monoisotopic (exact) mass is 603 g/mol. The minimum Gasteiger partial charge on any atom is -0.354 e. The molecule has 1 N–H and O–H groups in total. The Kier molecular flexibility index (Phi) is 11.0. The second kappa shape index (κ2) is 14.0. The van der Waals surface area contributed by atoms with Crippen molar-refractivity contribution in [1.29, 1.82) is 0 Å². The van der Waals surface area contributed by atoms with Crippen LogP contribution in [0.5, 0.6) is 0 Å². The Morgan fingerprint density at radius 2 is 1.52 bits per heavy atom. The van der Waals surface area contributed by atoms with Crippen LogP contribution in [0.15, 0.2) is 71.6 Å². The number of benzene rings is 3. The largest absolute Gasteiger partial charge is 0.354 e. The molecule has 1 unspecified atom stereocenters. The lowest BCUT2D eigenvalue weighted by atomic mass is 10.1. The van der Waals surface area contributed by atoms with Crippen LogP contribution in [0.4, 0.5) is 5.69 Å². The van der Waals surface area contributed by atoms with Gasteiger partial charge in [-0.1, -0.05) is 78.0 Å². The number of hydrogen-bond acceptors (Lipinski definition) is 4. The van der Waals surface area contributed by atoms with Gasteiger partial charge in [-0.05, 0) is 69.2 Å². The van der Waals surface area contributed by atoms with Crippen molar-refractivity contribution in [1.82, 2.24) is 10.2 Å². The lowest BCUT2D eigenvalue weighted by molar-refractivity contribution is -0.139. The van der Waals surface area contributed by atoms with Gasteiger partial charge in [-0.2, -0.15) is 0 Å². The molecule has 0 fully saturated rings. The Morgan fingerprint density at radius 3 is 2.10 bits per heavy atom. The molecule has 0 heterocycles. The van der Waals surface area contributed by atoms with E-state index in [2.05, 4.69) is 5.32 Å². The highest BCUT2D eigenvalue weighted by Crippen LogP contribution is 2.27. The van der Waals surface area contributed by atoms with E-state index < -0.39 is 28.5 Å². The van der Waals surface area contributed by atoms with Crippen LogP contribution in [0.2, 0.25) is 10.0 Å². The summed E-state index contributed by atoms with van der Waals surface area (Å²) >= 11 is 12.5. The van der Waals surface area contributed by atoms with Crippen molar-refractivity contribution in [2.45, 2.75) is 58.0 Å². The topological polar surface area (TPSA) is 86.8 Å². The van der Waals surface area contributed by atoms with E-state index in [0.717, 1.165) is 28.3 Å². The van der Waals surface area contributed by atoms with Crippen LogP contribution in [0, 0.1) is 13.8 Å². The predicted octanol–water partition coefficient (Wildman–Crippen LogP) is 6.14. The first-order valence-corrected chi connectivity index (χ1v) is 15.3. The fourth-order valence-corrected chi connectivity index (χ4v) is 5.91. The number of nitrogens with zero attached hydrogens (tertiary/aromatic N) is 2. The first-order chi connectivity index (χ1) is 18.9. The second-order valence-corrected chi connectivity index (χ2v) is 12.4. The maximum atomic E-state index is 14.0. The standard InChI is InChI=1S/C30H35Cl2N3O4S/c1-5-6-17-33-30(37)23(4)34(19-24-11-12-25(31)18-28(24)32)29(36)20-35(26-13-7-21(2)8-14-26)40(38,39)27-15-9-22(3)10-16-27/h7-16,18,23H,5-6,17,19-20H2,1-4H3,(H,33,37). The third-order valence-corrected chi connectivity index (χ3v) is 8.94. The highest BCUT2D eigenvalue weighted by atomic mass is 35.5. The van der Waals surface area contributed by atoms with Gasteiger partial charge in [-0.15, -0.1) is 0 Å². The molecule has 1 atom stereocenters. The number of hydrogen-bond donors (Lipinski definition) is 1. The van der Waals surface area contributed by atoms with Gasteiger partial charge in [-0.25, -0.2) is 8.42 Å². The van der Waals surface area contributed by atoms with Gasteiger partial charge in [-0.3, -0.25) is 13.9 Å². The zero-order valence-electron chi connectivity index (χ0n) is 23.2. The van der Waals surface area contributed by atoms with E-state index >= 15 is 0 Å². The molecule has 0 aliphatic carbocycles. The number of amides is 2. The van der Waals surface area contributed by atoms with Crippen LogP contribution in [0.3, 0.4) is 0 Å². The first-order valence-electron chi connectivity index (χ1n) is 13.1. The molecule has 3 aromatic carbocycles. The predicted molar refractivity (Wildman–Crippen MR) is 161 cm³/mol. The van der Waals surface area contributed by atoms with Gasteiger partial charge in [0.05, 0.1) is 10.6 Å². The van der Waals surface area contributed by atoms with Gasteiger partial charge >= 0.3 is 0 Å². The number of carbonyl (C=O) groups is 2. The molecule has 10 heteroatoms. The molecule has 214 valence electrons. The minimum atomic E-state index is -4.12. The molecular weight excluding hydrogens is 569 g/mol. The normalized spacial score (nSPS) is 12.1. The van der Waals surface area contributed by atoms with Crippen molar-refractivity contribution < 1.29 is 18.0 Å². The van der Waals surface area contributed by atoms with Crippen LogP contribution in [-0.2, 0) is 26.2 Å². The first kappa shape index (κ1) is 31.5. The summed E-state index contributed by atoms with van der Waals surface area (Å²) in [6.45, 7) is 7.34. The zero-order valence-corrected chi connectivity index (χ0v) is 25.5. The van der Waals surface area contributed by atoms with Crippen molar-refractivity contribution in [2.75, 3.05) is 17.4 Å². The molecule has 0 spiro atoms. The molecule has 0 aliphatic heterocycles. The molecule has 3 aromatic rings. The smallest absolute Gasteiger partial charge is 0.264 e. The summed E-state index contributed by atoms with van der Waals surface area (Å²) in [6.07, 6.45) is 1.70.